The normalized spacial score (nSPS) is 31.0. The van der Waals surface area contributed by atoms with Gasteiger partial charge < -0.3 is 28.8 Å². The minimum atomic E-state index is -1.31. The fraction of sp³-hybridized carbons (Fsp3) is 0.472. The predicted molar refractivity (Wildman–Crippen MR) is 182 cm³/mol. The molecule has 2 saturated carbocycles. The quantitative estimate of drug-likeness (QED) is 0.251. The molecule has 1 aromatic carbocycles. The van der Waals surface area contributed by atoms with Gasteiger partial charge in [0.05, 0.1) is 17.0 Å². The molecule has 268 valence electrons. The van der Waals surface area contributed by atoms with Gasteiger partial charge in [0.1, 0.15) is 41.1 Å². The second kappa shape index (κ2) is 12.8. The van der Waals surface area contributed by atoms with E-state index in [1.165, 1.54) is 37.7 Å². The Morgan fingerprint density at radius 3 is 2.57 bits per heavy atom. The smallest absolute Gasteiger partial charge is 0.345 e. The van der Waals surface area contributed by atoms with E-state index >= 15 is 0 Å². The lowest BCUT2D eigenvalue weighted by Gasteiger charge is -2.66. The molecule has 2 aliphatic carbocycles. The van der Waals surface area contributed by atoms with Crippen molar-refractivity contribution in [2.45, 2.75) is 82.1 Å². The number of aromatic nitrogens is 5. The molecule has 3 aromatic heterocycles. The average Bonchev–Trinajstić information content (AvgIpc) is 3.54. The number of aromatic hydroxyl groups is 1. The van der Waals surface area contributed by atoms with E-state index in [4.69, 9.17) is 18.6 Å². The summed E-state index contributed by atoms with van der Waals surface area (Å²) in [6, 6.07) is 11.6. The third kappa shape index (κ3) is 5.85. The summed E-state index contributed by atoms with van der Waals surface area (Å²) in [6.45, 7) is 8.62. The van der Waals surface area contributed by atoms with Crippen LogP contribution < -0.4 is 10.4 Å². The van der Waals surface area contributed by atoms with Crippen LogP contribution in [0.5, 0.6) is 11.5 Å². The van der Waals surface area contributed by atoms with Gasteiger partial charge in [0.25, 0.3) is 0 Å². The number of benzene rings is 1. The lowest BCUT2D eigenvalue weighted by molar-refractivity contribution is -0.236. The molecule has 15 heteroatoms. The van der Waals surface area contributed by atoms with E-state index in [2.05, 4.69) is 27.4 Å². The van der Waals surface area contributed by atoms with Crippen molar-refractivity contribution >= 4 is 23.7 Å². The number of carbonyl (C=O) groups excluding carboxylic acids is 2. The van der Waals surface area contributed by atoms with Crippen molar-refractivity contribution in [3.8, 4) is 28.5 Å². The number of nitrogens with zero attached hydrogens (tertiary/aromatic N) is 5. The minimum Gasteiger partial charge on any atom is -0.508 e. The lowest BCUT2D eigenvalue weighted by Crippen LogP contribution is -2.70. The highest BCUT2D eigenvalue weighted by Gasteiger charge is 2.70. The fourth-order valence-corrected chi connectivity index (χ4v) is 10.3. The summed E-state index contributed by atoms with van der Waals surface area (Å²) in [5.41, 5.74) is -2.23. The average molecular weight is 718 g/mol. The fourth-order valence-electron chi connectivity index (χ4n) is 8.97. The molecule has 0 bridgehead atoms. The monoisotopic (exact) mass is 717 g/mol. The van der Waals surface area contributed by atoms with E-state index in [1.54, 1.807) is 47.4 Å². The maximum absolute atomic E-state index is 13.8. The number of fused-ring (bicyclic) bond motifs is 4. The molecule has 2 N–H and O–H groups in total. The molecular weight excluding hydrogens is 678 g/mol. The highest BCUT2D eigenvalue weighted by molar-refractivity contribution is 7.99. The number of pyridine rings is 1. The van der Waals surface area contributed by atoms with E-state index in [9.17, 15) is 24.6 Å². The first-order valence-corrected chi connectivity index (χ1v) is 17.6. The molecular formula is C36H39N5O9S. The molecule has 1 aliphatic heterocycles. The van der Waals surface area contributed by atoms with E-state index in [-0.39, 0.29) is 35.3 Å². The van der Waals surface area contributed by atoms with Crippen LogP contribution in [0.15, 0.2) is 69.2 Å². The van der Waals surface area contributed by atoms with Gasteiger partial charge in [0, 0.05) is 49.2 Å². The van der Waals surface area contributed by atoms with Crippen LogP contribution in [0.4, 0.5) is 0 Å². The number of hydrogen-bond donors (Lipinski definition) is 2. The van der Waals surface area contributed by atoms with Gasteiger partial charge >= 0.3 is 17.6 Å². The van der Waals surface area contributed by atoms with Crippen molar-refractivity contribution < 1.29 is 38.4 Å². The van der Waals surface area contributed by atoms with E-state index in [1.807, 2.05) is 13.8 Å². The SMILES string of the molecule is CC(=O)OCC1(C)C2C[C@@H](Sc3nnnn3-c3ccc(O)cc3)[C@@]3(C)Oc4cc(-c5cccnc5)oc(=O)c4[C@H](O)C3[C@@]2(C)CC[C@@H]1OC(C)=O. The number of phenolic OH excluding ortho intramolecular Hbond substituents is 1. The Kier molecular flexibility index (Phi) is 8.69. The molecule has 0 radical (unpaired) electrons. The number of aliphatic hydroxyl groups excluding tert-OH is 1. The zero-order chi connectivity index (χ0) is 36.3. The summed E-state index contributed by atoms with van der Waals surface area (Å²) in [7, 11) is 0. The van der Waals surface area contributed by atoms with Gasteiger partial charge in [-0.15, -0.1) is 5.10 Å². The highest BCUT2D eigenvalue weighted by Crippen LogP contribution is 2.69. The summed E-state index contributed by atoms with van der Waals surface area (Å²) in [6.07, 6.45) is 2.68. The Hall–Kier alpha value is -4.76. The Labute approximate surface area is 297 Å². The van der Waals surface area contributed by atoms with Crippen LogP contribution in [0.3, 0.4) is 0 Å². The van der Waals surface area contributed by atoms with Crippen molar-refractivity contribution in [3.05, 3.63) is 70.8 Å². The maximum Gasteiger partial charge on any atom is 0.345 e. The van der Waals surface area contributed by atoms with Gasteiger partial charge in [-0.25, -0.2) is 4.79 Å². The lowest BCUT2D eigenvalue weighted by atomic mass is 9.43. The van der Waals surface area contributed by atoms with Crippen molar-refractivity contribution in [1.29, 1.82) is 0 Å². The summed E-state index contributed by atoms with van der Waals surface area (Å²) < 4.78 is 25.9. The molecule has 51 heavy (non-hydrogen) atoms. The summed E-state index contributed by atoms with van der Waals surface area (Å²) in [5.74, 6) is -1.38. The Morgan fingerprint density at radius 2 is 1.88 bits per heavy atom. The van der Waals surface area contributed by atoms with E-state index < -0.39 is 57.4 Å². The van der Waals surface area contributed by atoms with Crippen LogP contribution in [0.1, 0.15) is 65.5 Å². The van der Waals surface area contributed by atoms with Gasteiger partial charge in [0.2, 0.25) is 5.16 Å². The number of thioether (sulfide) groups is 1. The first kappa shape index (κ1) is 34.7. The van der Waals surface area contributed by atoms with Crippen molar-refractivity contribution in [2.24, 2.45) is 22.7 Å². The number of carbonyl (C=O) groups is 2. The number of ether oxygens (including phenoxy) is 3. The largest absolute Gasteiger partial charge is 0.508 e. The zero-order valence-corrected chi connectivity index (χ0v) is 29.6. The van der Waals surface area contributed by atoms with E-state index in [0.29, 0.717) is 35.7 Å². The molecule has 14 nitrogen and oxygen atoms in total. The van der Waals surface area contributed by atoms with E-state index in [0.717, 1.165) is 0 Å². The van der Waals surface area contributed by atoms with Crippen LogP contribution in [0.2, 0.25) is 0 Å². The number of aliphatic hydroxyl groups is 1. The van der Waals surface area contributed by atoms with Gasteiger partial charge in [-0.3, -0.25) is 14.6 Å². The highest BCUT2D eigenvalue weighted by atomic mass is 32.2. The third-order valence-corrected chi connectivity index (χ3v) is 12.6. The molecule has 4 heterocycles. The van der Waals surface area contributed by atoms with Crippen LogP contribution in [-0.4, -0.2) is 70.9 Å². The second-order valence-electron chi connectivity index (χ2n) is 14.3. The van der Waals surface area contributed by atoms with Gasteiger partial charge in [0.15, 0.2) is 0 Å². The molecule has 7 rings (SSSR count). The van der Waals surface area contributed by atoms with Crippen LogP contribution in [0.25, 0.3) is 17.0 Å². The van der Waals surface area contributed by atoms with Crippen molar-refractivity contribution in [2.75, 3.05) is 6.61 Å². The summed E-state index contributed by atoms with van der Waals surface area (Å²) >= 11 is 1.36. The van der Waals surface area contributed by atoms with Crippen molar-refractivity contribution in [3.63, 3.8) is 0 Å². The van der Waals surface area contributed by atoms with Crippen LogP contribution in [-0.2, 0) is 19.1 Å². The molecule has 3 unspecified atom stereocenters. The molecule has 0 spiro atoms. The number of hydrogen-bond acceptors (Lipinski definition) is 14. The maximum atomic E-state index is 13.8. The molecule has 4 aromatic rings. The standard InChI is InChI=1S/C36H39N5O9S/c1-19(42)47-18-35(4)26-16-28(51-33-38-39-40-41(33)22-8-10-23(44)11-9-22)36(5)31(34(26,3)13-12-27(35)48-20(2)43)30(45)29-25(50-36)15-24(49-32(29)46)21-7-6-14-37-17-21/h6-11,14-15,17,26-28,30-31,44-45H,12-13,16,18H2,1-5H3/t26?,27-,28+,30-,31?,34-,35?,36+/m0/s1. The van der Waals surface area contributed by atoms with Gasteiger partial charge in [-0.2, -0.15) is 4.68 Å². The Balaban J connectivity index is 1.39. The second-order valence-corrected chi connectivity index (χ2v) is 15.5. The van der Waals surface area contributed by atoms with Gasteiger partial charge in [-0.1, -0.05) is 25.6 Å². The van der Waals surface area contributed by atoms with Crippen LogP contribution >= 0.6 is 11.8 Å². The molecule has 8 atom stereocenters. The first-order valence-electron chi connectivity index (χ1n) is 16.7. The summed E-state index contributed by atoms with van der Waals surface area (Å²) in [4.78, 5) is 42.5. The molecule has 0 saturated heterocycles. The Bertz CT molecular complexity index is 2020. The summed E-state index contributed by atoms with van der Waals surface area (Å²) in [5, 5.41) is 34.9. The number of rotatable bonds is 7. The first-order chi connectivity index (χ1) is 24.2. The Morgan fingerprint density at radius 1 is 1.12 bits per heavy atom. The minimum absolute atomic E-state index is 0.0217. The van der Waals surface area contributed by atoms with Crippen LogP contribution in [0, 0.1) is 22.7 Å². The predicted octanol–water partition coefficient (Wildman–Crippen LogP) is 4.67. The molecule has 0 amide bonds. The molecule has 2 fully saturated rings. The van der Waals surface area contributed by atoms with Crippen molar-refractivity contribution in [1.82, 2.24) is 25.2 Å². The number of esters is 2. The zero-order valence-electron chi connectivity index (χ0n) is 28.8. The third-order valence-electron chi connectivity index (χ3n) is 11.2. The number of phenols is 1. The topological polar surface area (TPSA) is 189 Å². The molecule has 3 aliphatic rings. The number of tetrazole rings is 1. The van der Waals surface area contributed by atoms with Gasteiger partial charge in [-0.05, 0) is 84.3 Å².